The van der Waals surface area contributed by atoms with Crippen LogP contribution in [0, 0.1) is 0 Å². The van der Waals surface area contributed by atoms with E-state index in [9.17, 15) is 5.11 Å². The molecular weight excluding hydrogens is 274 g/mol. The van der Waals surface area contributed by atoms with Crippen LogP contribution in [-0.4, -0.2) is 51.7 Å². The maximum Gasteiger partial charge on any atom is 0.203 e. The standard InChI is InChI=1S/C15H23NO5/c1-18-12-8-11(9-13(19-2)14(12)20-3)21-10-15(17)4-6-16-7-5-15/h8-9,16-17H,4-7,10H2,1-3H3. The summed E-state index contributed by atoms with van der Waals surface area (Å²) in [5.41, 5.74) is -0.786. The molecule has 1 aliphatic heterocycles. The Morgan fingerprint density at radius 1 is 1.05 bits per heavy atom. The van der Waals surface area contributed by atoms with Gasteiger partial charge < -0.3 is 29.4 Å². The quantitative estimate of drug-likeness (QED) is 0.822. The average Bonchev–Trinajstić information content (AvgIpc) is 2.52. The maximum atomic E-state index is 10.4. The van der Waals surface area contributed by atoms with E-state index in [0.717, 1.165) is 13.1 Å². The molecular formula is C15H23NO5. The molecule has 6 heteroatoms. The predicted octanol–water partition coefficient (Wildman–Crippen LogP) is 1.21. The lowest BCUT2D eigenvalue weighted by molar-refractivity contribution is -0.0287. The minimum atomic E-state index is -0.786. The monoisotopic (exact) mass is 297 g/mol. The van der Waals surface area contributed by atoms with Crippen LogP contribution in [0.2, 0.25) is 0 Å². The number of piperidine rings is 1. The van der Waals surface area contributed by atoms with Gasteiger partial charge >= 0.3 is 0 Å². The van der Waals surface area contributed by atoms with Crippen molar-refractivity contribution in [1.82, 2.24) is 5.32 Å². The first-order valence-corrected chi connectivity index (χ1v) is 6.98. The molecule has 0 amide bonds. The summed E-state index contributed by atoms with van der Waals surface area (Å²) in [6, 6.07) is 3.46. The molecule has 1 saturated heterocycles. The molecule has 0 aliphatic carbocycles. The molecule has 0 aromatic heterocycles. The molecule has 1 heterocycles. The Balaban J connectivity index is 2.12. The third kappa shape index (κ3) is 3.71. The molecule has 1 aromatic rings. The van der Waals surface area contributed by atoms with Crippen molar-refractivity contribution in [2.75, 3.05) is 41.0 Å². The van der Waals surface area contributed by atoms with Gasteiger partial charge in [-0.3, -0.25) is 0 Å². The summed E-state index contributed by atoms with van der Waals surface area (Å²) in [5.74, 6) is 2.16. The number of rotatable bonds is 6. The lowest BCUT2D eigenvalue weighted by atomic mass is 9.93. The number of hydrogen-bond acceptors (Lipinski definition) is 6. The van der Waals surface area contributed by atoms with Crippen molar-refractivity contribution in [2.45, 2.75) is 18.4 Å². The van der Waals surface area contributed by atoms with E-state index in [-0.39, 0.29) is 6.61 Å². The molecule has 0 bridgehead atoms. The predicted molar refractivity (Wildman–Crippen MR) is 78.6 cm³/mol. The first-order valence-electron chi connectivity index (χ1n) is 6.98. The first kappa shape index (κ1) is 15.7. The highest BCUT2D eigenvalue weighted by molar-refractivity contribution is 5.55. The van der Waals surface area contributed by atoms with Gasteiger partial charge in [-0.25, -0.2) is 0 Å². The summed E-state index contributed by atoms with van der Waals surface area (Å²) < 4.78 is 21.6. The van der Waals surface area contributed by atoms with Crippen molar-refractivity contribution in [3.8, 4) is 23.0 Å². The van der Waals surface area contributed by atoms with Gasteiger partial charge in [0.15, 0.2) is 11.5 Å². The first-order chi connectivity index (χ1) is 10.1. The highest BCUT2D eigenvalue weighted by Crippen LogP contribution is 2.41. The summed E-state index contributed by atoms with van der Waals surface area (Å²) in [5, 5.41) is 13.7. The number of benzene rings is 1. The fourth-order valence-electron chi connectivity index (χ4n) is 2.39. The van der Waals surface area contributed by atoms with E-state index in [1.807, 2.05) is 0 Å². The highest BCUT2D eigenvalue weighted by atomic mass is 16.5. The van der Waals surface area contributed by atoms with E-state index >= 15 is 0 Å². The van der Waals surface area contributed by atoms with Crippen LogP contribution in [0.25, 0.3) is 0 Å². The topological polar surface area (TPSA) is 69.2 Å². The molecule has 0 unspecified atom stereocenters. The Bertz CT molecular complexity index is 446. The number of methoxy groups -OCH3 is 3. The molecule has 21 heavy (non-hydrogen) atoms. The number of nitrogens with one attached hydrogen (secondary N) is 1. The van der Waals surface area contributed by atoms with Crippen molar-refractivity contribution >= 4 is 0 Å². The third-order valence-electron chi connectivity index (χ3n) is 3.68. The summed E-state index contributed by atoms with van der Waals surface area (Å²) in [7, 11) is 4.67. The van der Waals surface area contributed by atoms with Crippen LogP contribution < -0.4 is 24.3 Å². The van der Waals surface area contributed by atoms with Gasteiger partial charge in [-0.05, 0) is 25.9 Å². The van der Waals surface area contributed by atoms with Gasteiger partial charge in [0.05, 0.1) is 21.3 Å². The zero-order chi connectivity index (χ0) is 15.3. The number of ether oxygens (including phenoxy) is 4. The van der Waals surface area contributed by atoms with Gasteiger partial charge in [0.25, 0.3) is 0 Å². The minimum absolute atomic E-state index is 0.243. The lowest BCUT2D eigenvalue weighted by Crippen LogP contribution is -2.45. The van der Waals surface area contributed by atoms with Gasteiger partial charge in [0.2, 0.25) is 5.75 Å². The Morgan fingerprint density at radius 3 is 2.10 bits per heavy atom. The summed E-state index contributed by atoms with van der Waals surface area (Å²) in [6.07, 6.45) is 1.36. The molecule has 1 aliphatic rings. The van der Waals surface area contributed by atoms with Crippen LogP contribution in [0.5, 0.6) is 23.0 Å². The van der Waals surface area contributed by atoms with Crippen LogP contribution >= 0.6 is 0 Å². The Morgan fingerprint density at radius 2 is 1.62 bits per heavy atom. The third-order valence-corrected chi connectivity index (χ3v) is 3.68. The van der Waals surface area contributed by atoms with Gasteiger partial charge in [-0.1, -0.05) is 0 Å². The molecule has 0 saturated carbocycles. The van der Waals surface area contributed by atoms with E-state index in [0.29, 0.717) is 35.8 Å². The van der Waals surface area contributed by atoms with Crippen molar-refractivity contribution in [2.24, 2.45) is 0 Å². The normalized spacial score (nSPS) is 17.1. The second kappa shape index (κ2) is 6.87. The molecule has 118 valence electrons. The zero-order valence-electron chi connectivity index (χ0n) is 12.8. The van der Waals surface area contributed by atoms with Crippen molar-refractivity contribution < 1.29 is 24.1 Å². The van der Waals surface area contributed by atoms with Crippen LogP contribution in [0.4, 0.5) is 0 Å². The molecule has 0 spiro atoms. The number of aliphatic hydroxyl groups is 1. The van der Waals surface area contributed by atoms with E-state index < -0.39 is 5.60 Å². The second-order valence-electron chi connectivity index (χ2n) is 5.12. The van der Waals surface area contributed by atoms with Crippen LogP contribution in [0.3, 0.4) is 0 Å². The molecule has 1 fully saturated rings. The maximum absolute atomic E-state index is 10.4. The second-order valence-corrected chi connectivity index (χ2v) is 5.12. The van der Waals surface area contributed by atoms with Crippen molar-refractivity contribution in [1.29, 1.82) is 0 Å². The Labute approximate surface area is 125 Å². The molecule has 1 aromatic carbocycles. The van der Waals surface area contributed by atoms with Crippen LogP contribution in [0.1, 0.15) is 12.8 Å². The fourth-order valence-corrected chi connectivity index (χ4v) is 2.39. The van der Waals surface area contributed by atoms with Crippen molar-refractivity contribution in [3.05, 3.63) is 12.1 Å². The molecule has 2 rings (SSSR count). The van der Waals surface area contributed by atoms with Gasteiger partial charge in [-0.2, -0.15) is 0 Å². The average molecular weight is 297 g/mol. The van der Waals surface area contributed by atoms with Gasteiger partial charge in [0.1, 0.15) is 18.0 Å². The van der Waals surface area contributed by atoms with Crippen molar-refractivity contribution in [3.63, 3.8) is 0 Å². The lowest BCUT2D eigenvalue weighted by Gasteiger charge is -2.32. The summed E-state index contributed by atoms with van der Waals surface area (Å²) in [4.78, 5) is 0. The van der Waals surface area contributed by atoms with Gasteiger partial charge in [0, 0.05) is 12.1 Å². The smallest absolute Gasteiger partial charge is 0.203 e. The summed E-state index contributed by atoms with van der Waals surface area (Å²) in [6.45, 7) is 1.84. The van der Waals surface area contributed by atoms with E-state index in [2.05, 4.69) is 5.32 Å². The van der Waals surface area contributed by atoms with Crippen LogP contribution in [0.15, 0.2) is 12.1 Å². The molecule has 0 atom stereocenters. The number of hydrogen-bond donors (Lipinski definition) is 2. The largest absolute Gasteiger partial charge is 0.493 e. The highest BCUT2D eigenvalue weighted by Gasteiger charge is 2.30. The molecule has 6 nitrogen and oxygen atoms in total. The van der Waals surface area contributed by atoms with Crippen LogP contribution in [-0.2, 0) is 0 Å². The van der Waals surface area contributed by atoms with E-state index in [1.165, 1.54) is 0 Å². The molecule has 0 radical (unpaired) electrons. The van der Waals surface area contributed by atoms with Gasteiger partial charge in [-0.15, -0.1) is 0 Å². The van der Waals surface area contributed by atoms with E-state index in [4.69, 9.17) is 18.9 Å². The van der Waals surface area contributed by atoms with E-state index in [1.54, 1.807) is 33.5 Å². The molecule has 2 N–H and O–H groups in total. The zero-order valence-corrected chi connectivity index (χ0v) is 12.8. The Hall–Kier alpha value is -1.66. The fraction of sp³-hybridized carbons (Fsp3) is 0.600. The SMILES string of the molecule is COc1cc(OCC2(O)CCNCC2)cc(OC)c1OC. The Kier molecular flexibility index (Phi) is 5.14. The summed E-state index contributed by atoms with van der Waals surface area (Å²) >= 11 is 0. The minimum Gasteiger partial charge on any atom is -0.493 e.